The molecule has 2 atom stereocenters. The lowest BCUT2D eigenvalue weighted by Crippen LogP contribution is -2.46. The van der Waals surface area contributed by atoms with Gasteiger partial charge in [0.25, 0.3) is 0 Å². The molecular weight excluding hydrogens is 270 g/mol. The number of nitrogens with one attached hydrogen (secondary N) is 2. The van der Waals surface area contributed by atoms with E-state index in [4.69, 9.17) is 10.4 Å². The minimum absolute atomic E-state index is 0.338. The van der Waals surface area contributed by atoms with Gasteiger partial charge in [0.15, 0.2) is 0 Å². The molecule has 0 spiro atoms. The molecule has 2 amide bonds. The molecule has 110 valence electrons. The summed E-state index contributed by atoms with van der Waals surface area (Å²) >= 11 is 0. The molecule has 1 fully saturated rings. The number of aliphatic carboxylic acids is 1. The van der Waals surface area contributed by atoms with Gasteiger partial charge in [-0.25, -0.2) is 4.79 Å². The van der Waals surface area contributed by atoms with E-state index >= 15 is 0 Å². The van der Waals surface area contributed by atoms with Gasteiger partial charge in [-0.05, 0) is 37.1 Å². The van der Waals surface area contributed by atoms with Crippen molar-refractivity contribution in [3.05, 3.63) is 29.8 Å². The molecule has 1 saturated carbocycles. The molecule has 2 rings (SSSR count). The van der Waals surface area contributed by atoms with Crippen LogP contribution in [0.25, 0.3) is 0 Å². The topological polar surface area (TPSA) is 102 Å². The second-order valence-corrected chi connectivity index (χ2v) is 5.12. The van der Waals surface area contributed by atoms with Crippen LogP contribution in [0, 0.1) is 17.2 Å². The number of carbonyl (C=O) groups excluding carboxylic acids is 1. The smallest absolute Gasteiger partial charge is 0.319 e. The maximum absolute atomic E-state index is 11.9. The summed E-state index contributed by atoms with van der Waals surface area (Å²) in [5.74, 6) is -1.39. The predicted molar refractivity (Wildman–Crippen MR) is 76.7 cm³/mol. The van der Waals surface area contributed by atoms with Crippen LogP contribution in [-0.2, 0) is 4.79 Å². The van der Waals surface area contributed by atoms with E-state index in [1.54, 1.807) is 24.3 Å². The van der Waals surface area contributed by atoms with Gasteiger partial charge < -0.3 is 15.7 Å². The Morgan fingerprint density at radius 2 is 1.86 bits per heavy atom. The largest absolute Gasteiger partial charge is 0.481 e. The van der Waals surface area contributed by atoms with Crippen LogP contribution in [0.1, 0.15) is 31.2 Å². The number of hydrogen-bond donors (Lipinski definition) is 3. The van der Waals surface area contributed by atoms with Crippen molar-refractivity contribution in [3.63, 3.8) is 0 Å². The molecule has 0 radical (unpaired) electrons. The first-order valence-corrected chi connectivity index (χ1v) is 6.90. The highest BCUT2D eigenvalue weighted by Gasteiger charge is 2.31. The lowest BCUT2D eigenvalue weighted by atomic mass is 9.84. The molecule has 1 aliphatic carbocycles. The van der Waals surface area contributed by atoms with Crippen molar-refractivity contribution in [3.8, 4) is 6.07 Å². The van der Waals surface area contributed by atoms with Crippen molar-refractivity contribution in [2.24, 2.45) is 5.92 Å². The van der Waals surface area contributed by atoms with Crippen LogP contribution in [0.5, 0.6) is 0 Å². The number of nitriles is 1. The van der Waals surface area contributed by atoms with Crippen LogP contribution in [-0.4, -0.2) is 23.1 Å². The summed E-state index contributed by atoms with van der Waals surface area (Å²) in [5.41, 5.74) is 1.08. The summed E-state index contributed by atoms with van der Waals surface area (Å²) in [6.07, 6.45) is 3.08. The van der Waals surface area contributed by atoms with E-state index in [9.17, 15) is 9.59 Å². The SMILES string of the molecule is N#Cc1ccc(NC(=O)NC2CCCCC2C(=O)O)cc1. The lowest BCUT2D eigenvalue weighted by molar-refractivity contribution is -0.143. The van der Waals surface area contributed by atoms with Gasteiger partial charge in [-0.3, -0.25) is 4.79 Å². The van der Waals surface area contributed by atoms with Crippen LogP contribution in [0.3, 0.4) is 0 Å². The third-order valence-corrected chi connectivity index (χ3v) is 3.67. The lowest BCUT2D eigenvalue weighted by Gasteiger charge is -2.29. The number of carboxylic acid groups (broad SMARTS) is 1. The molecule has 0 aromatic heterocycles. The fraction of sp³-hybridized carbons (Fsp3) is 0.400. The zero-order valence-corrected chi connectivity index (χ0v) is 11.5. The Labute approximate surface area is 122 Å². The molecular formula is C15H17N3O3. The molecule has 0 saturated heterocycles. The Morgan fingerprint density at radius 1 is 1.19 bits per heavy atom. The number of rotatable bonds is 3. The maximum Gasteiger partial charge on any atom is 0.319 e. The third kappa shape index (κ3) is 3.96. The summed E-state index contributed by atoms with van der Waals surface area (Å²) < 4.78 is 0. The molecule has 21 heavy (non-hydrogen) atoms. The van der Waals surface area contributed by atoms with E-state index < -0.39 is 17.9 Å². The van der Waals surface area contributed by atoms with E-state index in [0.717, 1.165) is 12.8 Å². The minimum atomic E-state index is -0.863. The zero-order chi connectivity index (χ0) is 15.2. The second kappa shape index (κ2) is 6.75. The molecule has 0 heterocycles. The molecule has 0 aliphatic heterocycles. The monoisotopic (exact) mass is 287 g/mol. The highest BCUT2D eigenvalue weighted by atomic mass is 16.4. The molecule has 0 bridgehead atoms. The van der Waals surface area contributed by atoms with Crippen LogP contribution >= 0.6 is 0 Å². The van der Waals surface area contributed by atoms with Crippen molar-refractivity contribution < 1.29 is 14.7 Å². The Hall–Kier alpha value is -2.55. The van der Waals surface area contributed by atoms with Crippen LogP contribution < -0.4 is 10.6 Å². The van der Waals surface area contributed by atoms with Crippen molar-refractivity contribution in [1.82, 2.24) is 5.32 Å². The molecule has 1 aliphatic rings. The molecule has 1 aromatic rings. The summed E-state index contributed by atoms with van der Waals surface area (Å²) in [4.78, 5) is 23.1. The Kier molecular flexibility index (Phi) is 4.77. The Morgan fingerprint density at radius 3 is 2.48 bits per heavy atom. The number of carboxylic acids is 1. The summed E-state index contributed by atoms with van der Waals surface area (Å²) in [6, 6.07) is 7.72. The summed E-state index contributed by atoms with van der Waals surface area (Å²) in [7, 11) is 0. The van der Waals surface area contributed by atoms with E-state index in [0.29, 0.717) is 24.1 Å². The van der Waals surface area contributed by atoms with Crippen LogP contribution in [0.4, 0.5) is 10.5 Å². The number of carbonyl (C=O) groups is 2. The van der Waals surface area contributed by atoms with Gasteiger partial charge >= 0.3 is 12.0 Å². The fourth-order valence-electron chi connectivity index (χ4n) is 2.56. The first kappa shape index (κ1) is 14.9. The third-order valence-electron chi connectivity index (χ3n) is 3.67. The van der Waals surface area contributed by atoms with Gasteiger partial charge in [-0.15, -0.1) is 0 Å². The number of hydrogen-bond acceptors (Lipinski definition) is 3. The maximum atomic E-state index is 11.9. The quantitative estimate of drug-likeness (QED) is 0.793. The fourth-order valence-corrected chi connectivity index (χ4v) is 2.56. The standard InChI is InChI=1S/C15H17N3O3/c16-9-10-5-7-11(8-6-10)17-15(21)18-13-4-2-1-3-12(13)14(19)20/h5-8,12-13H,1-4H2,(H,19,20)(H2,17,18,21). The van der Waals surface area contributed by atoms with Gasteiger partial charge in [0.05, 0.1) is 17.6 Å². The summed E-state index contributed by atoms with van der Waals surface area (Å²) in [5, 5.41) is 23.2. The number of anilines is 1. The number of urea groups is 1. The minimum Gasteiger partial charge on any atom is -0.481 e. The van der Waals surface area contributed by atoms with Crippen molar-refractivity contribution in [2.45, 2.75) is 31.7 Å². The average molecular weight is 287 g/mol. The summed E-state index contributed by atoms with van der Waals surface area (Å²) in [6.45, 7) is 0. The number of benzene rings is 1. The second-order valence-electron chi connectivity index (χ2n) is 5.12. The Bertz CT molecular complexity index is 563. The predicted octanol–water partition coefficient (Wildman–Crippen LogP) is 2.32. The highest BCUT2D eigenvalue weighted by Crippen LogP contribution is 2.24. The molecule has 6 heteroatoms. The van der Waals surface area contributed by atoms with E-state index in [-0.39, 0.29) is 6.04 Å². The first-order valence-electron chi connectivity index (χ1n) is 6.90. The zero-order valence-electron chi connectivity index (χ0n) is 11.5. The first-order chi connectivity index (χ1) is 10.1. The van der Waals surface area contributed by atoms with Crippen molar-refractivity contribution in [1.29, 1.82) is 5.26 Å². The van der Waals surface area contributed by atoms with E-state index in [2.05, 4.69) is 10.6 Å². The van der Waals surface area contributed by atoms with Crippen molar-refractivity contribution in [2.75, 3.05) is 5.32 Å². The van der Waals surface area contributed by atoms with Gasteiger partial charge in [-0.2, -0.15) is 5.26 Å². The van der Waals surface area contributed by atoms with Gasteiger partial charge in [0, 0.05) is 11.7 Å². The van der Waals surface area contributed by atoms with E-state index in [1.165, 1.54) is 0 Å². The van der Waals surface area contributed by atoms with Gasteiger partial charge in [0.2, 0.25) is 0 Å². The van der Waals surface area contributed by atoms with Gasteiger partial charge in [0.1, 0.15) is 0 Å². The average Bonchev–Trinajstić information content (AvgIpc) is 2.48. The normalized spacial score (nSPS) is 21.1. The Balaban J connectivity index is 1.93. The highest BCUT2D eigenvalue weighted by molar-refractivity contribution is 5.89. The van der Waals surface area contributed by atoms with Gasteiger partial charge in [-0.1, -0.05) is 12.8 Å². The number of nitrogens with zero attached hydrogens (tertiary/aromatic N) is 1. The molecule has 2 unspecified atom stereocenters. The molecule has 3 N–H and O–H groups in total. The van der Waals surface area contributed by atoms with Crippen LogP contribution in [0.15, 0.2) is 24.3 Å². The molecule has 6 nitrogen and oxygen atoms in total. The van der Waals surface area contributed by atoms with E-state index in [1.807, 2.05) is 6.07 Å². The molecule has 1 aromatic carbocycles. The van der Waals surface area contributed by atoms with Crippen LogP contribution in [0.2, 0.25) is 0 Å². The van der Waals surface area contributed by atoms with Crippen molar-refractivity contribution >= 4 is 17.7 Å². The number of amides is 2.